The van der Waals surface area contributed by atoms with Crippen LogP contribution < -0.4 is 10.6 Å². The number of hydrogen-bond acceptors (Lipinski definition) is 4. The summed E-state index contributed by atoms with van der Waals surface area (Å²) in [6, 6.07) is 9.40. The maximum atomic E-state index is 12.9. The number of ether oxygens (including phenoxy) is 1. The van der Waals surface area contributed by atoms with E-state index in [9.17, 15) is 9.59 Å². The molecule has 1 atom stereocenters. The molecular formula is C21H27N5O3. The molecule has 154 valence electrons. The Morgan fingerprint density at radius 3 is 2.62 bits per heavy atom. The highest BCUT2D eigenvalue weighted by molar-refractivity contribution is 5.94. The minimum atomic E-state index is -0.658. The highest BCUT2D eigenvalue weighted by Gasteiger charge is 2.47. The lowest BCUT2D eigenvalue weighted by Crippen LogP contribution is -2.55. The number of imidazole rings is 1. The van der Waals surface area contributed by atoms with Crippen molar-refractivity contribution >= 4 is 17.6 Å². The summed E-state index contributed by atoms with van der Waals surface area (Å²) in [5.41, 5.74) is 0.0847. The maximum Gasteiger partial charge on any atom is 0.317 e. The highest BCUT2D eigenvalue weighted by atomic mass is 16.5. The van der Waals surface area contributed by atoms with Crippen LogP contribution in [-0.2, 0) is 21.7 Å². The Morgan fingerprint density at radius 1 is 1.21 bits per heavy atom. The van der Waals surface area contributed by atoms with Gasteiger partial charge in [-0.15, -0.1) is 0 Å². The lowest BCUT2D eigenvalue weighted by Gasteiger charge is -2.45. The van der Waals surface area contributed by atoms with E-state index in [4.69, 9.17) is 4.74 Å². The number of hydrogen-bond donors (Lipinski definition) is 2. The molecule has 8 heteroatoms. The second-order valence-corrected chi connectivity index (χ2v) is 7.95. The minimum Gasteiger partial charge on any atom is -0.352 e. The number of carbonyl (C=O) groups is 2. The Kier molecular flexibility index (Phi) is 5.27. The molecule has 0 saturated carbocycles. The summed E-state index contributed by atoms with van der Waals surface area (Å²) in [6.45, 7) is 5.42. The number of anilines is 1. The van der Waals surface area contributed by atoms with Crippen molar-refractivity contribution in [1.29, 1.82) is 0 Å². The van der Waals surface area contributed by atoms with Crippen molar-refractivity contribution in [3.05, 3.63) is 48.5 Å². The number of rotatable bonds is 3. The van der Waals surface area contributed by atoms with E-state index in [0.717, 1.165) is 11.5 Å². The summed E-state index contributed by atoms with van der Waals surface area (Å²) in [6.07, 6.45) is 4.22. The second kappa shape index (κ2) is 7.87. The second-order valence-electron chi connectivity index (χ2n) is 7.95. The van der Waals surface area contributed by atoms with Gasteiger partial charge in [-0.3, -0.25) is 4.79 Å². The predicted molar refractivity (Wildman–Crippen MR) is 108 cm³/mol. The SMILES string of the molecule is CC(C)NC(=O)N1CCC2(CC1)O[C@@H](C(=O)Nc1ccccc1)Cn1ccnc12. The molecule has 1 saturated heterocycles. The van der Waals surface area contributed by atoms with Gasteiger partial charge in [0.1, 0.15) is 11.4 Å². The van der Waals surface area contributed by atoms with Crippen LogP contribution in [0.5, 0.6) is 0 Å². The number of likely N-dealkylation sites (tertiary alicyclic amines) is 1. The smallest absolute Gasteiger partial charge is 0.317 e. The first-order chi connectivity index (χ1) is 14.0. The molecule has 2 aromatic rings. The molecule has 4 rings (SSSR count). The molecule has 0 unspecified atom stereocenters. The van der Waals surface area contributed by atoms with E-state index in [1.54, 1.807) is 11.1 Å². The van der Waals surface area contributed by atoms with Gasteiger partial charge in [0.15, 0.2) is 6.10 Å². The molecule has 3 amide bonds. The fourth-order valence-electron chi connectivity index (χ4n) is 4.03. The Labute approximate surface area is 170 Å². The van der Waals surface area contributed by atoms with Crippen LogP contribution in [0.1, 0.15) is 32.5 Å². The van der Waals surface area contributed by atoms with Gasteiger partial charge in [-0.05, 0) is 26.0 Å². The van der Waals surface area contributed by atoms with Crippen LogP contribution in [0.25, 0.3) is 0 Å². The molecule has 1 spiro atoms. The molecule has 1 aromatic carbocycles. The zero-order chi connectivity index (χ0) is 20.4. The molecule has 29 heavy (non-hydrogen) atoms. The third kappa shape index (κ3) is 3.98. The van der Waals surface area contributed by atoms with E-state index in [0.29, 0.717) is 32.5 Å². The van der Waals surface area contributed by atoms with Gasteiger partial charge in [-0.1, -0.05) is 18.2 Å². The van der Waals surface area contributed by atoms with Crippen LogP contribution >= 0.6 is 0 Å². The Bertz CT molecular complexity index is 871. The molecule has 2 N–H and O–H groups in total. The fraction of sp³-hybridized carbons (Fsp3) is 0.476. The molecule has 0 radical (unpaired) electrons. The van der Waals surface area contributed by atoms with Crippen LogP contribution in [0.2, 0.25) is 0 Å². The highest BCUT2D eigenvalue weighted by Crippen LogP contribution is 2.40. The predicted octanol–water partition coefficient (Wildman–Crippen LogP) is 2.33. The topological polar surface area (TPSA) is 88.5 Å². The van der Waals surface area contributed by atoms with Crippen molar-refractivity contribution in [2.24, 2.45) is 0 Å². The number of piperidine rings is 1. The van der Waals surface area contributed by atoms with Crippen molar-refractivity contribution in [3.63, 3.8) is 0 Å². The van der Waals surface area contributed by atoms with E-state index in [1.807, 2.05) is 54.9 Å². The van der Waals surface area contributed by atoms with Crippen LogP contribution in [0.4, 0.5) is 10.5 Å². The van der Waals surface area contributed by atoms with Crippen molar-refractivity contribution in [2.75, 3.05) is 18.4 Å². The van der Waals surface area contributed by atoms with E-state index >= 15 is 0 Å². The van der Waals surface area contributed by atoms with Gasteiger partial charge in [0, 0.05) is 50.1 Å². The third-order valence-corrected chi connectivity index (χ3v) is 5.46. The number of benzene rings is 1. The van der Waals surface area contributed by atoms with E-state index in [2.05, 4.69) is 15.6 Å². The van der Waals surface area contributed by atoms with E-state index in [1.165, 1.54) is 0 Å². The van der Waals surface area contributed by atoms with Gasteiger partial charge in [0.2, 0.25) is 0 Å². The Morgan fingerprint density at radius 2 is 1.93 bits per heavy atom. The van der Waals surface area contributed by atoms with Crippen LogP contribution in [0.3, 0.4) is 0 Å². The summed E-state index contributed by atoms with van der Waals surface area (Å²) in [4.78, 5) is 31.5. The van der Waals surface area contributed by atoms with Crippen molar-refractivity contribution < 1.29 is 14.3 Å². The monoisotopic (exact) mass is 397 g/mol. The van der Waals surface area contributed by atoms with Crippen molar-refractivity contribution in [3.8, 4) is 0 Å². The Balaban J connectivity index is 1.49. The number of amides is 3. The summed E-state index contributed by atoms with van der Waals surface area (Å²) in [5, 5.41) is 5.87. The lowest BCUT2D eigenvalue weighted by molar-refractivity contribution is -0.167. The summed E-state index contributed by atoms with van der Waals surface area (Å²) in [5.74, 6) is 0.667. The maximum absolute atomic E-state index is 12.9. The number of nitrogens with zero attached hydrogens (tertiary/aromatic N) is 3. The van der Waals surface area contributed by atoms with Crippen LogP contribution in [-0.4, -0.2) is 51.6 Å². The third-order valence-electron chi connectivity index (χ3n) is 5.46. The Hall–Kier alpha value is -2.87. The molecule has 0 aliphatic carbocycles. The average molecular weight is 397 g/mol. The van der Waals surface area contributed by atoms with Crippen LogP contribution in [0, 0.1) is 0 Å². The van der Waals surface area contributed by atoms with Crippen molar-refractivity contribution in [2.45, 2.75) is 51.0 Å². The molecule has 2 aliphatic rings. The van der Waals surface area contributed by atoms with E-state index in [-0.39, 0.29) is 18.0 Å². The van der Waals surface area contributed by atoms with Gasteiger partial charge in [0.05, 0.1) is 6.54 Å². The van der Waals surface area contributed by atoms with Crippen molar-refractivity contribution in [1.82, 2.24) is 19.8 Å². The molecule has 8 nitrogen and oxygen atoms in total. The zero-order valence-corrected chi connectivity index (χ0v) is 16.8. The van der Waals surface area contributed by atoms with E-state index < -0.39 is 11.7 Å². The molecule has 1 aromatic heterocycles. The minimum absolute atomic E-state index is 0.0626. The number of nitrogens with one attached hydrogen (secondary N) is 2. The zero-order valence-electron chi connectivity index (χ0n) is 16.8. The molecule has 1 fully saturated rings. The molecule has 2 aliphatic heterocycles. The standard InChI is InChI=1S/C21H27N5O3/c1-15(2)23-20(28)25-11-8-21(9-12-25)19-22-10-13-26(19)14-17(29-21)18(27)24-16-6-4-3-5-7-16/h3-7,10,13,15,17H,8-9,11-12,14H2,1-2H3,(H,23,28)(H,24,27)/t17-/m1/s1. The lowest BCUT2D eigenvalue weighted by atomic mass is 9.88. The number of urea groups is 1. The average Bonchev–Trinajstić information content (AvgIpc) is 3.18. The first-order valence-electron chi connectivity index (χ1n) is 10.1. The van der Waals surface area contributed by atoms with Gasteiger partial charge in [-0.25, -0.2) is 9.78 Å². The largest absolute Gasteiger partial charge is 0.352 e. The van der Waals surface area contributed by atoms with Gasteiger partial charge >= 0.3 is 6.03 Å². The number of para-hydroxylation sites is 1. The summed E-state index contributed by atoms with van der Waals surface area (Å²) in [7, 11) is 0. The molecule has 0 bridgehead atoms. The first-order valence-corrected chi connectivity index (χ1v) is 10.1. The number of carbonyl (C=O) groups excluding carboxylic acids is 2. The van der Waals surface area contributed by atoms with Gasteiger partial charge < -0.3 is 24.8 Å². The summed E-state index contributed by atoms with van der Waals surface area (Å²) < 4.78 is 8.39. The fourth-order valence-corrected chi connectivity index (χ4v) is 4.03. The van der Waals surface area contributed by atoms with Gasteiger partial charge in [-0.2, -0.15) is 0 Å². The van der Waals surface area contributed by atoms with Crippen LogP contribution in [0.15, 0.2) is 42.7 Å². The van der Waals surface area contributed by atoms with Gasteiger partial charge in [0.25, 0.3) is 5.91 Å². The number of aromatic nitrogens is 2. The number of fused-ring (bicyclic) bond motifs is 2. The molecule has 3 heterocycles. The normalized spacial score (nSPS) is 20.4. The molecular weight excluding hydrogens is 370 g/mol. The first kappa shape index (κ1) is 19.4. The summed E-state index contributed by atoms with van der Waals surface area (Å²) >= 11 is 0. The quantitative estimate of drug-likeness (QED) is 0.832.